The fourth-order valence-corrected chi connectivity index (χ4v) is 3.57. The first-order valence-electron chi connectivity index (χ1n) is 5.89. The van der Waals surface area contributed by atoms with Gasteiger partial charge in [-0.2, -0.15) is 0 Å². The van der Waals surface area contributed by atoms with Gasteiger partial charge in [0.2, 0.25) is 0 Å². The fourth-order valence-electron chi connectivity index (χ4n) is 3.57. The third-order valence-corrected chi connectivity index (χ3v) is 4.44. The molecule has 0 bridgehead atoms. The van der Waals surface area contributed by atoms with Gasteiger partial charge in [0.05, 0.1) is 0 Å². The Hall–Kier alpha value is -0.0400. The zero-order valence-electron chi connectivity index (χ0n) is 8.76. The van der Waals surface area contributed by atoms with Crippen molar-refractivity contribution in [2.75, 3.05) is 6.61 Å². The predicted molar refractivity (Wildman–Crippen MR) is 54.5 cm³/mol. The number of rotatable bonds is 2. The van der Waals surface area contributed by atoms with Gasteiger partial charge in [-0.1, -0.05) is 13.3 Å². The molecule has 0 radical (unpaired) electrons. The van der Waals surface area contributed by atoms with Gasteiger partial charge in [-0.15, -0.1) is 0 Å². The van der Waals surface area contributed by atoms with Gasteiger partial charge < -0.3 is 5.11 Å². The molecule has 3 atom stereocenters. The van der Waals surface area contributed by atoms with Crippen LogP contribution in [0.25, 0.3) is 0 Å². The Morgan fingerprint density at radius 2 is 1.77 bits per heavy atom. The zero-order chi connectivity index (χ0) is 9.31. The van der Waals surface area contributed by atoms with Crippen molar-refractivity contribution in [1.82, 2.24) is 0 Å². The summed E-state index contributed by atoms with van der Waals surface area (Å²) in [6.07, 6.45) is 9.73. The van der Waals surface area contributed by atoms with Gasteiger partial charge in [-0.05, 0) is 55.8 Å². The monoisotopic (exact) mass is 182 g/mol. The van der Waals surface area contributed by atoms with Gasteiger partial charge in [-0.3, -0.25) is 0 Å². The normalized spacial score (nSPS) is 44.8. The number of hydrogen-bond acceptors (Lipinski definition) is 1. The second-order valence-corrected chi connectivity index (χ2v) is 5.31. The Kier molecular flexibility index (Phi) is 2.64. The lowest BCUT2D eigenvalue weighted by atomic mass is 9.82. The van der Waals surface area contributed by atoms with E-state index in [4.69, 9.17) is 5.11 Å². The van der Waals surface area contributed by atoms with E-state index in [1.165, 1.54) is 44.9 Å². The summed E-state index contributed by atoms with van der Waals surface area (Å²) in [5, 5.41) is 9.13. The van der Waals surface area contributed by atoms with Crippen molar-refractivity contribution in [3.8, 4) is 0 Å². The average Bonchev–Trinajstić information content (AvgIpc) is 2.74. The van der Waals surface area contributed by atoms with Gasteiger partial charge in [0.15, 0.2) is 0 Å². The summed E-state index contributed by atoms with van der Waals surface area (Å²) in [5.74, 6) is 1.63. The van der Waals surface area contributed by atoms with Gasteiger partial charge in [-0.25, -0.2) is 0 Å². The van der Waals surface area contributed by atoms with Crippen molar-refractivity contribution >= 4 is 0 Å². The lowest BCUT2D eigenvalue weighted by Crippen LogP contribution is -2.13. The van der Waals surface area contributed by atoms with Crippen LogP contribution in [0.5, 0.6) is 0 Å². The maximum atomic E-state index is 9.13. The van der Waals surface area contributed by atoms with Gasteiger partial charge >= 0.3 is 0 Å². The van der Waals surface area contributed by atoms with Crippen LogP contribution in [0.4, 0.5) is 0 Å². The van der Waals surface area contributed by atoms with Crippen LogP contribution >= 0.6 is 0 Å². The maximum Gasteiger partial charge on any atom is 0.0459 e. The quantitative estimate of drug-likeness (QED) is 0.696. The smallest absolute Gasteiger partial charge is 0.0459 e. The van der Waals surface area contributed by atoms with Crippen LogP contribution in [0.2, 0.25) is 0 Å². The minimum atomic E-state index is 0.429. The van der Waals surface area contributed by atoms with E-state index in [0.29, 0.717) is 17.9 Å². The molecule has 0 aliphatic heterocycles. The van der Waals surface area contributed by atoms with Crippen LogP contribution < -0.4 is 0 Å². The molecule has 0 aromatic rings. The van der Waals surface area contributed by atoms with Crippen molar-refractivity contribution < 1.29 is 5.11 Å². The molecule has 76 valence electrons. The molecule has 0 unspecified atom stereocenters. The molecule has 13 heavy (non-hydrogen) atoms. The summed E-state index contributed by atoms with van der Waals surface area (Å²) in [4.78, 5) is 0. The predicted octanol–water partition coefficient (Wildman–Crippen LogP) is 2.98. The molecule has 0 aromatic carbocycles. The highest BCUT2D eigenvalue weighted by Gasteiger charge is 2.43. The number of hydrogen-bond donors (Lipinski definition) is 1. The Balaban J connectivity index is 1.93. The van der Waals surface area contributed by atoms with Gasteiger partial charge in [0.25, 0.3) is 0 Å². The standard InChI is InChI=1S/C12H22O/c1-2-10-3-5-12(7-10)6-4-11(8-12)9-13/h10-11,13H,2-9H2,1H3/t10-,11-,12+/m0/s1. The summed E-state index contributed by atoms with van der Waals surface area (Å²) in [6.45, 7) is 2.75. The summed E-state index contributed by atoms with van der Waals surface area (Å²) >= 11 is 0. The molecule has 1 nitrogen and oxygen atoms in total. The molecule has 2 aliphatic carbocycles. The largest absolute Gasteiger partial charge is 0.396 e. The van der Waals surface area contributed by atoms with E-state index in [2.05, 4.69) is 6.92 Å². The van der Waals surface area contributed by atoms with E-state index in [9.17, 15) is 0 Å². The van der Waals surface area contributed by atoms with E-state index < -0.39 is 0 Å². The number of aliphatic hydroxyl groups is 1. The van der Waals surface area contributed by atoms with E-state index >= 15 is 0 Å². The molecule has 1 N–H and O–H groups in total. The second kappa shape index (κ2) is 3.61. The molecule has 0 saturated heterocycles. The highest BCUT2D eigenvalue weighted by Crippen LogP contribution is 2.54. The van der Waals surface area contributed by atoms with Crippen LogP contribution in [0.3, 0.4) is 0 Å². The summed E-state index contributed by atoms with van der Waals surface area (Å²) in [5.41, 5.74) is 0.675. The van der Waals surface area contributed by atoms with E-state index in [1.807, 2.05) is 0 Å². The minimum Gasteiger partial charge on any atom is -0.396 e. The van der Waals surface area contributed by atoms with Gasteiger partial charge in [0.1, 0.15) is 0 Å². The van der Waals surface area contributed by atoms with Crippen molar-refractivity contribution in [1.29, 1.82) is 0 Å². The summed E-state index contributed by atoms with van der Waals surface area (Å²) < 4.78 is 0. The van der Waals surface area contributed by atoms with E-state index in [0.717, 1.165) is 5.92 Å². The summed E-state index contributed by atoms with van der Waals surface area (Å²) in [6, 6.07) is 0. The average molecular weight is 182 g/mol. The topological polar surface area (TPSA) is 20.2 Å². The number of aliphatic hydroxyl groups excluding tert-OH is 1. The van der Waals surface area contributed by atoms with Crippen molar-refractivity contribution in [3.05, 3.63) is 0 Å². The molecule has 2 fully saturated rings. The van der Waals surface area contributed by atoms with Crippen molar-refractivity contribution in [2.24, 2.45) is 17.3 Å². The maximum absolute atomic E-state index is 9.13. The Labute approximate surface area is 81.5 Å². The van der Waals surface area contributed by atoms with Crippen molar-refractivity contribution in [3.63, 3.8) is 0 Å². The molecule has 1 heteroatoms. The first kappa shape index (κ1) is 9.51. The highest BCUT2D eigenvalue weighted by molar-refractivity contribution is 4.94. The molecule has 0 aromatic heterocycles. The Bertz CT molecular complexity index is 156. The Morgan fingerprint density at radius 1 is 1.15 bits per heavy atom. The van der Waals surface area contributed by atoms with Crippen molar-refractivity contribution in [2.45, 2.75) is 51.9 Å². The third-order valence-electron chi connectivity index (χ3n) is 4.44. The minimum absolute atomic E-state index is 0.429. The fraction of sp³-hybridized carbons (Fsp3) is 1.00. The third kappa shape index (κ3) is 1.76. The molecule has 0 heterocycles. The lowest BCUT2D eigenvalue weighted by Gasteiger charge is -2.23. The SMILES string of the molecule is CC[C@H]1CC[C@@]2(CC[C@H](CO)C2)C1. The van der Waals surface area contributed by atoms with Crippen LogP contribution in [0.15, 0.2) is 0 Å². The zero-order valence-corrected chi connectivity index (χ0v) is 8.76. The van der Waals surface area contributed by atoms with E-state index in [-0.39, 0.29) is 0 Å². The molecular formula is C12H22O. The molecule has 2 rings (SSSR count). The molecule has 2 saturated carbocycles. The second-order valence-electron chi connectivity index (χ2n) is 5.31. The summed E-state index contributed by atoms with van der Waals surface area (Å²) in [7, 11) is 0. The molecular weight excluding hydrogens is 160 g/mol. The van der Waals surface area contributed by atoms with Crippen LogP contribution in [0.1, 0.15) is 51.9 Å². The molecule has 0 amide bonds. The first-order valence-corrected chi connectivity index (χ1v) is 5.89. The van der Waals surface area contributed by atoms with Crippen LogP contribution in [0, 0.1) is 17.3 Å². The van der Waals surface area contributed by atoms with Crippen LogP contribution in [-0.2, 0) is 0 Å². The van der Waals surface area contributed by atoms with Crippen LogP contribution in [-0.4, -0.2) is 11.7 Å². The molecule has 2 aliphatic rings. The lowest BCUT2D eigenvalue weighted by molar-refractivity contribution is 0.206. The highest BCUT2D eigenvalue weighted by atomic mass is 16.3. The Morgan fingerprint density at radius 3 is 2.23 bits per heavy atom. The van der Waals surface area contributed by atoms with Gasteiger partial charge in [0, 0.05) is 6.61 Å². The first-order chi connectivity index (χ1) is 6.28. The van der Waals surface area contributed by atoms with E-state index in [1.54, 1.807) is 0 Å². The molecule has 1 spiro atoms.